The van der Waals surface area contributed by atoms with Crippen molar-refractivity contribution in [2.45, 2.75) is 39.0 Å². The van der Waals surface area contributed by atoms with E-state index in [1.54, 1.807) is 8.58 Å². The van der Waals surface area contributed by atoms with Gasteiger partial charge in [-0.1, -0.05) is 27.7 Å². The fraction of sp³-hybridized carbons (Fsp3) is 1.00. The van der Waals surface area contributed by atoms with Crippen LogP contribution in [0.2, 0.25) is 0 Å². The largest absolute Gasteiger partial charge is 2.00 e. The van der Waals surface area contributed by atoms with E-state index in [4.69, 9.17) is 0 Å². The minimum absolute atomic E-state index is 0. The zero-order chi connectivity index (χ0) is 5.86. The molecule has 0 aliphatic heterocycles. The maximum Gasteiger partial charge on any atom is 2.00 e. The van der Waals surface area contributed by atoms with Crippen molar-refractivity contribution < 1.29 is 48.2 Å². The SMILES string of the molecule is CC(C)[P-]C(C)C.[Br-].[Cl-].[Li+].[Mg+2]. The van der Waals surface area contributed by atoms with Crippen LogP contribution in [0.1, 0.15) is 27.7 Å². The van der Waals surface area contributed by atoms with Crippen LogP contribution in [0.15, 0.2) is 0 Å². The third kappa shape index (κ3) is 32.5. The average Bonchev–Trinajstić information content (AvgIpc) is 1.27. The maximum atomic E-state index is 2.25. The molecule has 5 heteroatoms. The molecule has 60 valence electrons. The fourth-order valence-electron chi connectivity index (χ4n) is 0.596. The molecule has 0 N–H and O–H groups in total. The molecule has 0 aromatic rings. The van der Waals surface area contributed by atoms with E-state index in [1.165, 1.54) is 0 Å². The molecule has 0 saturated heterocycles. The van der Waals surface area contributed by atoms with Crippen LogP contribution in [0.4, 0.5) is 0 Å². The topological polar surface area (TPSA) is 0 Å². The van der Waals surface area contributed by atoms with E-state index < -0.39 is 0 Å². The standard InChI is InChI=1S/C6H14P.BrH.ClH.Li.Mg/c1-5(2)7-6(3)4;;;;/h5-6H,1-4H3;2*1H;;/q-1;;;+1;+2/p-2. The van der Waals surface area contributed by atoms with E-state index in [0.717, 1.165) is 11.3 Å². The summed E-state index contributed by atoms with van der Waals surface area (Å²) in [4.78, 5) is 0. The first-order valence-electron chi connectivity index (χ1n) is 2.83. The molecule has 0 amide bonds. The van der Waals surface area contributed by atoms with E-state index in [0.29, 0.717) is 0 Å². The summed E-state index contributed by atoms with van der Waals surface area (Å²) in [5.74, 6) is 0. The van der Waals surface area contributed by atoms with Gasteiger partial charge in [0.05, 0.1) is 0 Å². The van der Waals surface area contributed by atoms with Gasteiger partial charge in [0.1, 0.15) is 0 Å². The Labute approximate surface area is 118 Å². The summed E-state index contributed by atoms with van der Waals surface area (Å²) >= 11 is 0. The second-order valence-corrected chi connectivity index (χ2v) is 4.70. The molecule has 0 aromatic carbocycles. The Kier molecular flexibility index (Phi) is 48.7. The summed E-state index contributed by atoms with van der Waals surface area (Å²) < 4.78 is 0. The molecular weight excluding hydrogens is 250 g/mol. The van der Waals surface area contributed by atoms with Gasteiger partial charge in [0.25, 0.3) is 0 Å². The van der Waals surface area contributed by atoms with Crippen molar-refractivity contribution in [2.24, 2.45) is 0 Å². The van der Waals surface area contributed by atoms with Gasteiger partial charge in [-0.2, -0.15) is 11.3 Å². The van der Waals surface area contributed by atoms with E-state index in [1.807, 2.05) is 0 Å². The smallest absolute Gasteiger partial charge is 1.00 e. The first-order chi connectivity index (χ1) is 3.13. The zero-order valence-corrected chi connectivity index (χ0v) is 12.7. The molecule has 0 nitrogen and oxygen atoms in total. The van der Waals surface area contributed by atoms with Crippen molar-refractivity contribution in [3.63, 3.8) is 0 Å². The molecule has 0 aliphatic carbocycles. The van der Waals surface area contributed by atoms with E-state index >= 15 is 0 Å². The molecule has 0 bridgehead atoms. The average molecular weight is 264 g/mol. The Morgan fingerprint density at radius 2 is 1.09 bits per heavy atom. The van der Waals surface area contributed by atoms with Gasteiger partial charge >= 0.3 is 41.9 Å². The molecule has 0 radical (unpaired) electrons. The Morgan fingerprint density at radius 1 is 0.909 bits per heavy atom. The molecular formula is C6H14BrClLiMgP. The second kappa shape index (κ2) is 18.4. The van der Waals surface area contributed by atoms with Gasteiger partial charge in [-0.25, -0.2) is 0 Å². The summed E-state index contributed by atoms with van der Waals surface area (Å²) in [6.45, 7) is 9.01. The molecule has 11 heavy (non-hydrogen) atoms. The van der Waals surface area contributed by atoms with Crippen LogP contribution in [0.25, 0.3) is 0 Å². The predicted octanol–water partition coefficient (Wildman–Crippen LogP) is -6.62. The molecule has 0 spiro atoms. The minimum Gasteiger partial charge on any atom is -1.00 e. The van der Waals surface area contributed by atoms with Gasteiger partial charge in [-0.05, 0) is 0 Å². The predicted molar refractivity (Wildman–Crippen MR) is 42.9 cm³/mol. The molecule has 0 aliphatic rings. The third-order valence-corrected chi connectivity index (χ3v) is 1.79. The number of rotatable bonds is 2. The quantitative estimate of drug-likeness (QED) is 0.343. The third-order valence-electron chi connectivity index (χ3n) is 0.596. The molecule has 0 heterocycles. The van der Waals surface area contributed by atoms with Gasteiger partial charge in [-0.3, -0.25) is 0 Å². The zero-order valence-electron chi connectivity index (χ0n) is 8.06. The minimum atomic E-state index is 0. The summed E-state index contributed by atoms with van der Waals surface area (Å²) in [6, 6.07) is 0. The number of hydrogen-bond donors (Lipinski definition) is 0. The summed E-state index contributed by atoms with van der Waals surface area (Å²) in [6.07, 6.45) is 0. The van der Waals surface area contributed by atoms with Crippen LogP contribution >= 0.6 is 8.58 Å². The van der Waals surface area contributed by atoms with Crippen LogP contribution in [0, 0.1) is 0 Å². The van der Waals surface area contributed by atoms with Gasteiger partial charge in [-0.15, -0.1) is 0 Å². The van der Waals surface area contributed by atoms with Gasteiger partial charge in [0.2, 0.25) is 0 Å². The maximum absolute atomic E-state index is 2.25. The Balaban J connectivity index is -0.0000000300. The molecule has 0 atom stereocenters. The molecule has 0 unspecified atom stereocenters. The van der Waals surface area contributed by atoms with Crippen LogP contribution in [0.3, 0.4) is 0 Å². The normalized spacial score (nSPS) is 7.09. The number of halogens is 2. The monoisotopic (exact) mass is 262 g/mol. The first kappa shape index (κ1) is 29.2. The molecule has 0 rings (SSSR count). The molecule has 0 fully saturated rings. The van der Waals surface area contributed by atoms with Gasteiger partial charge in [0.15, 0.2) is 0 Å². The van der Waals surface area contributed by atoms with Crippen LogP contribution in [-0.2, 0) is 0 Å². The van der Waals surface area contributed by atoms with Crippen molar-refractivity contribution in [2.75, 3.05) is 0 Å². The van der Waals surface area contributed by atoms with Crippen molar-refractivity contribution in [1.82, 2.24) is 0 Å². The van der Waals surface area contributed by atoms with Crippen molar-refractivity contribution in [1.29, 1.82) is 0 Å². The van der Waals surface area contributed by atoms with Crippen molar-refractivity contribution in [3.05, 3.63) is 0 Å². The second-order valence-electron chi connectivity index (χ2n) is 2.34. The summed E-state index contributed by atoms with van der Waals surface area (Å²) in [5.41, 5.74) is 1.69. The summed E-state index contributed by atoms with van der Waals surface area (Å²) in [7, 11) is 1.58. The van der Waals surface area contributed by atoms with Crippen LogP contribution in [0.5, 0.6) is 0 Å². The Hall–Kier alpha value is 2.56. The van der Waals surface area contributed by atoms with Crippen molar-refractivity contribution in [3.8, 4) is 0 Å². The van der Waals surface area contributed by atoms with E-state index in [2.05, 4.69) is 27.7 Å². The van der Waals surface area contributed by atoms with E-state index in [9.17, 15) is 0 Å². The summed E-state index contributed by atoms with van der Waals surface area (Å²) in [5, 5.41) is 0. The van der Waals surface area contributed by atoms with Crippen molar-refractivity contribution >= 4 is 31.6 Å². The molecule has 0 aromatic heterocycles. The number of hydrogen-bond acceptors (Lipinski definition) is 0. The van der Waals surface area contributed by atoms with Crippen LogP contribution < -0.4 is 48.2 Å². The molecule has 0 saturated carbocycles. The van der Waals surface area contributed by atoms with E-state index in [-0.39, 0.29) is 71.3 Å². The first-order valence-corrected chi connectivity index (χ1v) is 3.86. The van der Waals surface area contributed by atoms with Gasteiger partial charge < -0.3 is 38.0 Å². The fourth-order valence-corrected chi connectivity index (χ4v) is 1.79. The van der Waals surface area contributed by atoms with Gasteiger partial charge in [0, 0.05) is 0 Å². The Morgan fingerprint density at radius 3 is 1.09 bits per heavy atom. The van der Waals surface area contributed by atoms with Crippen LogP contribution in [-0.4, -0.2) is 34.4 Å². The Bertz CT molecular complexity index is 51.8.